The molecule has 1 amide bonds. The van der Waals surface area contributed by atoms with Gasteiger partial charge in [-0.1, -0.05) is 65.6 Å². The fourth-order valence-electron chi connectivity index (χ4n) is 2.40. The van der Waals surface area contributed by atoms with Gasteiger partial charge in [-0.3, -0.25) is 15.1 Å². The van der Waals surface area contributed by atoms with Gasteiger partial charge < -0.3 is 0 Å². The highest BCUT2D eigenvalue weighted by Crippen LogP contribution is 2.28. The van der Waals surface area contributed by atoms with E-state index in [-0.39, 0.29) is 5.91 Å². The van der Waals surface area contributed by atoms with E-state index in [9.17, 15) is 4.79 Å². The second-order valence-electron chi connectivity index (χ2n) is 5.75. The van der Waals surface area contributed by atoms with Crippen molar-refractivity contribution < 1.29 is 4.79 Å². The average Bonchev–Trinajstić information content (AvgIpc) is 3.18. The molecule has 0 radical (unpaired) electrons. The molecule has 0 saturated carbocycles. The summed E-state index contributed by atoms with van der Waals surface area (Å²) in [7, 11) is 0. The highest BCUT2D eigenvalue weighted by molar-refractivity contribution is 8.00. The van der Waals surface area contributed by atoms with E-state index in [4.69, 9.17) is 0 Å². The molecule has 4 aromatic rings. The standard InChI is InChI=1S/C20H15N5OS2/c26-18(11-10-15-12-21-16-8-4-5-9-17(16)22-15)23-19-24-25-20(28-19)27-13-14-6-2-1-3-7-14/h1-12H,13H2,(H,23,24,26)/b11-10+. The van der Waals surface area contributed by atoms with Crippen LogP contribution in [0.25, 0.3) is 17.1 Å². The quantitative estimate of drug-likeness (QED) is 0.290. The molecule has 0 saturated heterocycles. The Hall–Kier alpha value is -3.10. The number of carbonyl (C=O) groups is 1. The van der Waals surface area contributed by atoms with Crippen LogP contribution in [0.5, 0.6) is 0 Å². The molecule has 138 valence electrons. The van der Waals surface area contributed by atoms with Crippen LogP contribution in [0.15, 0.2) is 71.2 Å². The van der Waals surface area contributed by atoms with Crippen LogP contribution in [0, 0.1) is 0 Å². The van der Waals surface area contributed by atoms with Crippen molar-refractivity contribution in [1.82, 2.24) is 20.2 Å². The Morgan fingerprint density at radius 3 is 2.68 bits per heavy atom. The van der Waals surface area contributed by atoms with Gasteiger partial charge in [0.15, 0.2) is 4.34 Å². The van der Waals surface area contributed by atoms with Crippen LogP contribution in [-0.4, -0.2) is 26.1 Å². The third-order valence-corrected chi connectivity index (χ3v) is 5.76. The zero-order valence-corrected chi connectivity index (χ0v) is 16.3. The first-order chi connectivity index (χ1) is 13.8. The fraction of sp³-hybridized carbons (Fsp3) is 0.0500. The minimum absolute atomic E-state index is 0.286. The summed E-state index contributed by atoms with van der Waals surface area (Å²) < 4.78 is 0.809. The number of thioether (sulfide) groups is 1. The lowest BCUT2D eigenvalue weighted by atomic mass is 10.2. The molecule has 4 rings (SSSR count). The minimum atomic E-state index is -0.286. The van der Waals surface area contributed by atoms with E-state index in [1.165, 1.54) is 23.0 Å². The lowest BCUT2D eigenvalue weighted by molar-refractivity contribution is -0.111. The zero-order valence-electron chi connectivity index (χ0n) is 14.6. The smallest absolute Gasteiger partial charge is 0.250 e. The van der Waals surface area contributed by atoms with Crippen LogP contribution in [0.4, 0.5) is 5.13 Å². The van der Waals surface area contributed by atoms with Gasteiger partial charge in [0.2, 0.25) is 11.0 Å². The van der Waals surface area contributed by atoms with E-state index in [1.54, 1.807) is 24.0 Å². The number of anilines is 1. The summed E-state index contributed by atoms with van der Waals surface area (Å²) in [6, 6.07) is 17.7. The van der Waals surface area contributed by atoms with Gasteiger partial charge in [-0.05, 0) is 23.8 Å². The number of hydrogen-bond donors (Lipinski definition) is 1. The van der Waals surface area contributed by atoms with Crippen molar-refractivity contribution in [2.45, 2.75) is 10.1 Å². The monoisotopic (exact) mass is 405 g/mol. The largest absolute Gasteiger partial charge is 0.297 e. The van der Waals surface area contributed by atoms with Gasteiger partial charge in [-0.15, -0.1) is 10.2 Å². The molecule has 0 aliphatic carbocycles. The van der Waals surface area contributed by atoms with Gasteiger partial charge in [0, 0.05) is 11.8 Å². The van der Waals surface area contributed by atoms with Gasteiger partial charge in [-0.25, -0.2) is 4.98 Å². The minimum Gasteiger partial charge on any atom is -0.297 e. The molecule has 1 N–H and O–H groups in total. The molecule has 8 heteroatoms. The number of hydrogen-bond acceptors (Lipinski definition) is 7. The maximum absolute atomic E-state index is 12.1. The Kier molecular flexibility index (Phi) is 5.69. The Balaban J connectivity index is 1.34. The predicted octanol–water partition coefficient (Wildman–Crippen LogP) is 4.43. The van der Waals surface area contributed by atoms with Gasteiger partial charge in [-0.2, -0.15) is 0 Å². The van der Waals surface area contributed by atoms with E-state index in [0.717, 1.165) is 21.1 Å². The van der Waals surface area contributed by atoms with Crippen molar-refractivity contribution in [2.24, 2.45) is 0 Å². The molecule has 0 aliphatic heterocycles. The Labute approximate surface area is 169 Å². The van der Waals surface area contributed by atoms with Crippen molar-refractivity contribution in [3.05, 3.63) is 78.1 Å². The summed E-state index contributed by atoms with van der Waals surface area (Å²) in [6.45, 7) is 0. The molecular formula is C20H15N5OS2. The van der Waals surface area contributed by atoms with Crippen LogP contribution in [-0.2, 0) is 10.5 Å². The van der Waals surface area contributed by atoms with Gasteiger partial charge in [0.1, 0.15) is 0 Å². The number of nitrogens with one attached hydrogen (secondary N) is 1. The highest BCUT2D eigenvalue weighted by atomic mass is 32.2. The fourth-order valence-corrected chi connectivity index (χ4v) is 4.11. The summed E-state index contributed by atoms with van der Waals surface area (Å²) in [5.41, 5.74) is 3.44. The molecule has 0 atom stereocenters. The van der Waals surface area contributed by atoms with Gasteiger partial charge in [0.25, 0.3) is 0 Å². The normalized spacial score (nSPS) is 11.1. The number of fused-ring (bicyclic) bond motifs is 1. The van der Waals surface area contributed by atoms with E-state index in [1.807, 2.05) is 42.5 Å². The van der Waals surface area contributed by atoms with Gasteiger partial charge >= 0.3 is 0 Å². The van der Waals surface area contributed by atoms with Crippen molar-refractivity contribution in [2.75, 3.05) is 5.32 Å². The lowest BCUT2D eigenvalue weighted by Gasteiger charge is -1.98. The number of rotatable bonds is 6. The number of nitrogens with zero attached hydrogens (tertiary/aromatic N) is 4. The zero-order chi connectivity index (χ0) is 19.2. The molecule has 2 aromatic heterocycles. The molecule has 0 aliphatic rings. The van der Waals surface area contributed by atoms with Gasteiger partial charge in [0.05, 0.1) is 22.9 Å². The summed E-state index contributed by atoms with van der Waals surface area (Å²) in [5, 5.41) is 11.3. The summed E-state index contributed by atoms with van der Waals surface area (Å²) in [5.74, 6) is 0.523. The molecule has 28 heavy (non-hydrogen) atoms. The second-order valence-corrected chi connectivity index (χ2v) is 7.95. The first-order valence-corrected chi connectivity index (χ1v) is 10.3. The Morgan fingerprint density at radius 2 is 1.82 bits per heavy atom. The maximum Gasteiger partial charge on any atom is 0.250 e. The van der Waals surface area contributed by atoms with E-state index < -0.39 is 0 Å². The predicted molar refractivity (Wildman–Crippen MR) is 113 cm³/mol. The maximum atomic E-state index is 12.1. The first kappa shape index (κ1) is 18.3. The molecule has 0 unspecified atom stereocenters. The van der Waals surface area contributed by atoms with Crippen molar-refractivity contribution >= 4 is 51.2 Å². The van der Waals surface area contributed by atoms with E-state index in [0.29, 0.717) is 10.8 Å². The summed E-state index contributed by atoms with van der Waals surface area (Å²) >= 11 is 2.94. The molecule has 2 aromatic carbocycles. The number of aromatic nitrogens is 4. The van der Waals surface area contributed by atoms with Crippen LogP contribution < -0.4 is 5.32 Å². The van der Waals surface area contributed by atoms with Crippen molar-refractivity contribution in [3.63, 3.8) is 0 Å². The van der Waals surface area contributed by atoms with Crippen LogP contribution in [0.1, 0.15) is 11.3 Å². The number of carbonyl (C=O) groups excluding carboxylic acids is 1. The molecule has 2 heterocycles. The van der Waals surface area contributed by atoms with Crippen LogP contribution in [0.2, 0.25) is 0 Å². The number of para-hydroxylation sites is 2. The van der Waals surface area contributed by atoms with E-state index in [2.05, 4.69) is 37.6 Å². The first-order valence-electron chi connectivity index (χ1n) is 8.47. The topological polar surface area (TPSA) is 80.7 Å². The number of amides is 1. The Bertz CT molecular complexity index is 1130. The molecule has 6 nitrogen and oxygen atoms in total. The second kappa shape index (κ2) is 8.73. The van der Waals surface area contributed by atoms with Crippen molar-refractivity contribution in [1.29, 1.82) is 0 Å². The molecule has 0 bridgehead atoms. The number of benzene rings is 2. The summed E-state index contributed by atoms with van der Waals surface area (Å²) in [4.78, 5) is 20.9. The van der Waals surface area contributed by atoms with Crippen molar-refractivity contribution in [3.8, 4) is 0 Å². The highest BCUT2D eigenvalue weighted by Gasteiger charge is 2.07. The third kappa shape index (κ3) is 4.79. The Morgan fingerprint density at radius 1 is 1.04 bits per heavy atom. The van der Waals surface area contributed by atoms with Crippen LogP contribution >= 0.6 is 23.1 Å². The molecule has 0 spiro atoms. The average molecular weight is 406 g/mol. The molecule has 0 fully saturated rings. The summed E-state index contributed by atoms with van der Waals surface area (Å²) in [6.07, 6.45) is 4.67. The third-order valence-electron chi connectivity index (χ3n) is 3.71. The van der Waals surface area contributed by atoms with E-state index >= 15 is 0 Å². The van der Waals surface area contributed by atoms with Crippen LogP contribution in [0.3, 0.4) is 0 Å². The SMILES string of the molecule is O=C(/C=C/c1cnc2ccccc2n1)Nc1nnc(SCc2ccccc2)s1. The molecular weight excluding hydrogens is 390 g/mol. The lowest BCUT2D eigenvalue weighted by Crippen LogP contribution is -2.07.